The van der Waals surface area contributed by atoms with Gasteiger partial charge in [0.05, 0.1) is 36.9 Å². The topological polar surface area (TPSA) is 269 Å². The van der Waals surface area contributed by atoms with Gasteiger partial charge >= 0.3 is 0 Å². The first-order chi connectivity index (χ1) is 21.7. The number of hydrogen-bond acceptors (Lipinski definition) is 15. The van der Waals surface area contributed by atoms with Crippen molar-refractivity contribution < 1.29 is 49.3 Å². The lowest BCUT2D eigenvalue weighted by Crippen LogP contribution is -2.69. The molecule has 46 heavy (non-hydrogen) atoms. The number of hydrogen-bond donors (Lipinski definition) is 11. The second kappa shape index (κ2) is 14.5. The number of likely N-dealkylation sites (N-methyl/N-ethyl adjacent to an activating group) is 1. The van der Waals surface area contributed by atoms with E-state index in [1.54, 1.807) is 7.05 Å². The maximum absolute atomic E-state index is 13.0. The van der Waals surface area contributed by atoms with E-state index in [4.69, 9.17) is 36.1 Å². The third kappa shape index (κ3) is 7.86. The molecule has 1 saturated heterocycles. The van der Waals surface area contributed by atoms with E-state index in [1.807, 2.05) is 6.08 Å². The summed E-state index contributed by atoms with van der Waals surface area (Å²) in [6.07, 6.45) is -2.65. The smallest absolute Gasteiger partial charge is 0.249 e. The zero-order chi connectivity index (χ0) is 33.4. The summed E-state index contributed by atoms with van der Waals surface area (Å²) in [6.45, 7) is 2.02. The van der Waals surface area contributed by atoms with Crippen molar-refractivity contribution in [3.8, 4) is 0 Å². The Morgan fingerprint density at radius 2 is 1.78 bits per heavy atom. The van der Waals surface area contributed by atoms with E-state index in [0.29, 0.717) is 38.1 Å². The van der Waals surface area contributed by atoms with E-state index in [0.717, 1.165) is 19.3 Å². The zero-order valence-electron chi connectivity index (χ0n) is 26.7. The second-order valence-electron chi connectivity index (χ2n) is 14.2. The Morgan fingerprint density at radius 1 is 1.09 bits per heavy atom. The summed E-state index contributed by atoms with van der Waals surface area (Å²) in [5.74, 6) is -0.183. The molecular formula is C30H54N6O10. The number of aliphatic hydroxyl groups is 5. The minimum absolute atomic E-state index is 0.0000470. The monoisotopic (exact) mass is 658 g/mol. The van der Waals surface area contributed by atoms with Crippen LogP contribution in [-0.2, 0) is 23.7 Å². The molecule has 1 amide bonds. The van der Waals surface area contributed by atoms with Gasteiger partial charge in [0.25, 0.3) is 0 Å². The van der Waals surface area contributed by atoms with Crippen LogP contribution in [0.5, 0.6) is 0 Å². The van der Waals surface area contributed by atoms with Gasteiger partial charge in [-0.3, -0.25) is 4.79 Å². The van der Waals surface area contributed by atoms with Crippen LogP contribution < -0.4 is 33.2 Å². The maximum Gasteiger partial charge on any atom is 0.249 e. The van der Waals surface area contributed by atoms with E-state index in [2.05, 4.69) is 16.0 Å². The number of carbonyl (C=O) groups excluding carboxylic acids is 1. The molecule has 3 aliphatic carbocycles. The summed E-state index contributed by atoms with van der Waals surface area (Å²) in [7, 11) is 1.59. The third-order valence-corrected chi connectivity index (χ3v) is 10.2. The Hall–Kier alpha value is -1.51. The average Bonchev–Trinajstić information content (AvgIpc) is 2.94. The predicted octanol–water partition coefficient (Wildman–Crippen LogP) is -4.05. The molecule has 0 aromatic carbocycles. The van der Waals surface area contributed by atoms with E-state index < -0.39 is 84.4 Å². The molecule has 0 spiro atoms. The Morgan fingerprint density at radius 3 is 2.41 bits per heavy atom. The lowest BCUT2D eigenvalue weighted by Gasteiger charge is -2.49. The van der Waals surface area contributed by atoms with Gasteiger partial charge in [0, 0.05) is 18.6 Å². The number of rotatable bonds is 12. The number of nitrogens with two attached hydrogens (primary N) is 3. The van der Waals surface area contributed by atoms with Crippen molar-refractivity contribution in [3.63, 3.8) is 0 Å². The molecule has 16 nitrogen and oxygen atoms in total. The van der Waals surface area contributed by atoms with Crippen molar-refractivity contribution in [1.29, 1.82) is 0 Å². The van der Waals surface area contributed by atoms with Crippen LogP contribution in [0.1, 0.15) is 51.9 Å². The van der Waals surface area contributed by atoms with Gasteiger partial charge in [-0.05, 0) is 64.5 Å². The molecule has 5 rings (SSSR count). The van der Waals surface area contributed by atoms with Crippen molar-refractivity contribution in [2.45, 2.75) is 136 Å². The third-order valence-electron chi connectivity index (χ3n) is 10.2. The van der Waals surface area contributed by atoms with Gasteiger partial charge in [-0.2, -0.15) is 0 Å². The van der Waals surface area contributed by atoms with Crippen molar-refractivity contribution in [3.05, 3.63) is 11.8 Å². The highest BCUT2D eigenvalue weighted by Crippen LogP contribution is 2.34. The Labute approximate surface area is 269 Å². The molecular weight excluding hydrogens is 604 g/mol. The average molecular weight is 659 g/mol. The minimum atomic E-state index is -1.44. The van der Waals surface area contributed by atoms with Gasteiger partial charge in [0.2, 0.25) is 12.2 Å². The van der Waals surface area contributed by atoms with Crippen molar-refractivity contribution in [2.24, 2.45) is 23.1 Å². The first-order valence-electron chi connectivity index (χ1n) is 16.4. The fourth-order valence-electron chi connectivity index (χ4n) is 7.24. The molecule has 0 aromatic heterocycles. The number of amides is 1. The first kappa shape index (κ1) is 35.8. The van der Waals surface area contributed by atoms with Crippen LogP contribution in [0.3, 0.4) is 0 Å². The number of ether oxygens (including phenoxy) is 4. The molecule has 3 saturated carbocycles. The van der Waals surface area contributed by atoms with Gasteiger partial charge in [-0.15, -0.1) is 0 Å². The highest BCUT2D eigenvalue weighted by molar-refractivity contribution is 5.81. The molecule has 0 radical (unpaired) electrons. The highest BCUT2D eigenvalue weighted by Gasteiger charge is 2.52. The summed E-state index contributed by atoms with van der Waals surface area (Å²) >= 11 is 0. The molecule has 16 heteroatoms. The Kier molecular flexibility index (Phi) is 11.3. The Bertz CT molecular complexity index is 1070. The largest absolute Gasteiger partial charge is 0.467 e. The van der Waals surface area contributed by atoms with Gasteiger partial charge in [-0.1, -0.05) is 6.42 Å². The molecule has 2 aliphatic heterocycles. The van der Waals surface area contributed by atoms with Crippen molar-refractivity contribution >= 4 is 5.91 Å². The van der Waals surface area contributed by atoms with Gasteiger partial charge in [0.1, 0.15) is 41.9 Å². The van der Waals surface area contributed by atoms with Crippen LogP contribution in [0.15, 0.2) is 11.8 Å². The standard InChI is InChI=1S/C30H54N6O10/c1-29(41)13-43-28(22(39)25(29)34-2)46-24-19(36-26(40)20(37)14-4-3-5-14)8-18(33)23(21(24)38)45-27-17(32)7-6-16(44-27)11-35-12-30(42)9-15(31)10-30/h6,14-15,17-25,27-28,34-35,37-39,41-42H,3-5,7-13,31-33H2,1-2H3,(H,36,40)/t15?,17-,18+,19-,20?,21+,22-,23-,24+,25-,27-,28-,29+,30?/m1/s1. The molecule has 12 atom stereocenters. The molecule has 5 aliphatic rings. The van der Waals surface area contributed by atoms with Crippen LogP contribution >= 0.6 is 0 Å². The normalized spacial score (nSPS) is 45.5. The molecule has 0 bridgehead atoms. The predicted molar refractivity (Wildman–Crippen MR) is 163 cm³/mol. The van der Waals surface area contributed by atoms with Gasteiger partial charge in [-0.25, -0.2) is 0 Å². The fourth-order valence-corrected chi connectivity index (χ4v) is 7.24. The van der Waals surface area contributed by atoms with Gasteiger partial charge < -0.3 is 77.6 Å². The van der Waals surface area contributed by atoms with E-state index in [-0.39, 0.29) is 25.0 Å². The van der Waals surface area contributed by atoms with Crippen LogP contribution in [0.25, 0.3) is 0 Å². The van der Waals surface area contributed by atoms with Crippen LogP contribution in [0, 0.1) is 5.92 Å². The number of aliphatic hydroxyl groups excluding tert-OH is 3. The van der Waals surface area contributed by atoms with Crippen molar-refractivity contribution in [2.75, 3.05) is 26.7 Å². The molecule has 14 N–H and O–H groups in total. The van der Waals surface area contributed by atoms with Crippen LogP contribution in [-0.4, -0.2) is 143 Å². The minimum Gasteiger partial charge on any atom is -0.467 e. The summed E-state index contributed by atoms with van der Waals surface area (Å²) in [5.41, 5.74) is 16.4. The fraction of sp³-hybridized carbons (Fsp3) is 0.900. The highest BCUT2D eigenvalue weighted by atomic mass is 16.7. The number of nitrogens with one attached hydrogen (secondary N) is 3. The molecule has 1 unspecified atom stereocenters. The van der Waals surface area contributed by atoms with E-state index in [9.17, 15) is 30.3 Å². The molecule has 0 aromatic rings. The first-order valence-corrected chi connectivity index (χ1v) is 16.4. The lowest BCUT2D eigenvalue weighted by atomic mass is 9.76. The Balaban J connectivity index is 1.26. The van der Waals surface area contributed by atoms with Crippen molar-refractivity contribution in [1.82, 2.24) is 16.0 Å². The van der Waals surface area contributed by atoms with E-state index >= 15 is 0 Å². The summed E-state index contributed by atoms with van der Waals surface area (Å²) < 4.78 is 24.1. The molecule has 4 fully saturated rings. The molecule has 2 heterocycles. The van der Waals surface area contributed by atoms with E-state index in [1.165, 1.54) is 6.92 Å². The SMILES string of the molecule is CN[C@@H]1[C@@H](O)[C@@H](O[C@@H]2[C@@H](O)[C@H](O[C@H]3OC(CNCC4(O)CC(N)C4)=CC[C@H]3N)[C@@H](N)C[C@H]2NC(=O)C(O)C2CCC2)OC[C@]1(C)O. The zero-order valence-corrected chi connectivity index (χ0v) is 26.7. The van der Waals surface area contributed by atoms with Gasteiger partial charge in [0.15, 0.2) is 6.29 Å². The quantitative estimate of drug-likeness (QED) is 0.0953. The summed E-state index contributed by atoms with van der Waals surface area (Å²) in [5, 5.41) is 63.3. The lowest BCUT2D eigenvalue weighted by molar-refractivity contribution is -0.304. The number of carbonyl (C=O) groups is 1. The van der Waals surface area contributed by atoms with Crippen LogP contribution in [0.2, 0.25) is 0 Å². The second-order valence-corrected chi connectivity index (χ2v) is 14.2. The maximum atomic E-state index is 13.0. The molecule has 264 valence electrons. The van der Waals surface area contributed by atoms with Crippen LogP contribution in [0.4, 0.5) is 0 Å². The summed E-state index contributed by atoms with van der Waals surface area (Å²) in [4.78, 5) is 13.0. The summed E-state index contributed by atoms with van der Waals surface area (Å²) in [6, 6.07) is -3.06.